The number of nitrogens with zero attached hydrogens (tertiary/aromatic N) is 1. The lowest BCUT2D eigenvalue weighted by Gasteiger charge is -2.15. The molecular weight excluding hydrogens is 458 g/mol. The molecule has 1 aliphatic heterocycles. The number of carbonyl (C=O) groups excluding carboxylic acids is 3. The number of fused-ring (bicyclic) bond motifs is 2. The molecule has 0 unspecified atom stereocenters. The molecule has 168 valence electrons. The Kier molecular flexibility index (Phi) is 5.26. The average molecular weight is 474 g/mol. The second kappa shape index (κ2) is 8.28. The van der Waals surface area contributed by atoms with Gasteiger partial charge in [-0.25, -0.2) is 4.79 Å². The highest BCUT2D eigenvalue weighted by molar-refractivity contribution is 6.33. The van der Waals surface area contributed by atoms with E-state index in [1.54, 1.807) is 54.6 Å². The summed E-state index contributed by atoms with van der Waals surface area (Å²) >= 11 is 6.32. The summed E-state index contributed by atoms with van der Waals surface area (Å²) in [6.45, 7) is 1.15. The van der Waals surface area contributed by atoms with Gasteiger partial charge in [-0.3, -0.25) is 19.3 Å². The van der Waals surface area contributed by atoms with Crippen molar-refractivity contribution in [3.63, 3.8) is 0 Å². The molecular formula is C26H16ClNO6. The van der Waals surface area contributed by atoms with Crippen LogP contribution >= 0.6 is 11.6 Å². The van der Waals surface area contributed by atoms with Crippen molar-refractivity contribution >= 4 is 40.4 Å². The van der Waals surface area contributed by atoms with E-state index < -0.39 is 29.8 Å². The molecule has 5 rings (SSSR count). The number of benzene rings is 3. The van der Waals surface area contributed by atoms with Gasteiger partial charge < -0.3 is 9.15 Å². The summed E-state index contributed by atoms with van der Waals surface area (Å²) in [5.74, 6) is -2.58. The van der Waals surface area contributed by atoms with Crippen molar-refractivity contribution in [1.29, 1.82) is 0 Å². The Balaban J connectivity index is 1.55. The lowest BCUT2D eigenvalue weighted by molar-refractivity contribution is -0.134. The molecule has 0 fully saturated rings. The normalized spacial score (nSPS) is 12.8. The smallest absolute Gasteiger partial charge is 0.331 e. The summed E-state index contributed by atoms with van der Waals surface area (Å²) < 4.78 is 11.4. The Morgan fingerprint density at radius 1 is 0.912 bits per heavy atom. The summed E-state index contributed by atoms with van der Waals surface area (Å²) in [6, 6.07) is 18.0. The Hall–Kier alpha value is -4.23. The van der Waals surface area contributed by atoms with Gasteiger partial charge in [0.25, 0.3) is 11.8 Å². The molecule has 1 aliphatic rings. The molecule has 34 heavy (non-hydrogen) atoms. The first-order chi connectivity index (χ1) is 16.3. The van der Waals surface area contributed by atoms with E-state index in [1.807, 2.05) is 6.92 Å². The van der Waals surface area contributed by atoms with Crippen LogP contribution in [0.15, 0.2) is 75.9 Å². The minimum atomic E-state index is -0.970. The molecule has 1 aromatic heterocycles. The van der Waals surface area contributed by atoms with Gasteiger partial charge in [0, 0.05) is 5.56 Å². The van der Waals surface area contributed by atoms with Gasteiger partial charge in [0.1, 0.15) is 12.1 Å². The Labute approximate surface area is 198 Å². The predicted octanol–water partition coefficient (Wildman–Crippen LogP) is 4.62. The summed E-state index contributed by atoms with van der Waals surface area (Å²) in [7, 11) is 0. The number of esters is 1. The van der Waals surface area contributed by atoms with Crippen molar-refractivity contribution < 1.29 is 23.5 Å². The van der Waals surface area contributed by atoms with Gasteiger partial charge >= 0.3 is 5.97 Å². The molecule has 0 aliphatic carbocycles. The highest BCUT2D eigenvalue weighted by atomic mass is 35.5. The minimum Gasteiger partial charge on any atom is -0.452 e. The topological polar surface area (TPSA) is 93.9 Å². The molecule has 2 amide bonds. The number of hydrogen-bond donors (Lipinski definition) is 0. The van der Waals surface area contributed by atoms with Gasteiger partial charge in [0.15, 0.2) is 5.76 Å². The SMILES string of the molecule is Cc1ccc2oc(-c3ccccc3Cl)c(OC(=O)CN3C(=O)c4ccccc4C3=O)c(=O)c2c1. The van der Waals surface area contributed by atoms with Crippen LogP contribution in [0.2, 0.25) is 5.02 Å². The molecule has 4 aromatic rings. The molecule has 0 bridgehead atoms. The number of hydrogen-bond acceptors (Lipinski definition) is 6. The maximum atomic E-state index is 13.3. The van der Waals surface area contributed by atoms with Crippen molar-refractivity contribution in [3.05, 3.63) is 98.7 Å². The van der Waals surface area contributed by atoms with Crippen LogP contribution in [-0.4, -0.2) is 29.2 Å². The standard InChI is InChI=1S/C26H16ClNO6/c1-14-10-11-20-18(12-14)22(30)24(23(33-20)17-8-4-5-9-19(17)27)34-21(29)13-28-25(31)15-6-2-3-7-16(15)26(28)32/h2-12H,13H2,1H3. The highest BCUT2D eigenvalue weighted by Gasteiger charge is 2.37. The van der Waals surface area contributed by atoms with E-state index in [0.717, 1.165) is 10.5 Å². The maximum absolute atomic E-state index is 13.3. The van der Waals surface area contributed by atoms with Crippen LogP contribution in [-0.2, 0) is 4.79 Å². The van der Waals surface area contributed by atoms with E-state index in [1.165, 1.54) is 12.1 Å². The average Bonchev–Trinajstić information content (AvgIpc) is 3.06. The van der Waals surface area contributed by atoms with Gasteiger partial charge in [-0.1, -0.05) is 47.5 Å². The Bertz CT molecular complexity index is 1540. The second-order valence-corrected chi connectivity index (χ2v) is 8.19. The zero-order valence-electron chi connectivity index (χ0n) is 17.8. The number of aryl methyl sites for hydroxylation is 1. The van der Waals surface area contributed by atoms with Gasteiger partial charge in [0.2, 0.25) is 11.2 Å². The fourth-order valence-electron chi connectivity index (χ4n) is 3.87. The van der Waals surface area contributed by atoms with E-state index in [2.05, 4.69) is 0 Å². The summed E-state index contributed by atoms with van der Waals surface area (Å²) in [5.41, 5.74) is 1.30. The number of carbonyl (C=O) groups is 3. The Morgan fingerprint density at radius 2 is 1.53 bits per heavy atom. The molecule has 0 N–H and O–H groups in total. The molecule has 0 atom stereocenters. The fourth-order valence-corrected chi connectivity index (χ4v) is 4.09. The quantitative estimate of drug-likeness (QED) is 0.317. The van der Waals surface area contributed by atoms with Crippen molar-refractivity contribution in [3.8, 4) is 17.1 Å². The van der Waals surface area contributed by atoms with Crippen molar-refractivity contribution in [2.45, 2.75) is 6.92 Å². The molecule has 7 nitrogen and oxygen atoms in total. The summed E-state index contributed by atoms with van der Waals surface area (Å²) in [4.78, 5) is 52.2. The zero-order chi connectivity index (χ0) is 24.0. The van der Waals surface area contributed by atoms with Crippen molar-refractivity contribution in [2.75, 3.05) is 6.54 Å². The number of imide groups is 1. The molecule has 8 heteroatoms. The zero-order valence-corrected chi connectivity index (χ0v) is 18.6. The third kappa shape index (κ3) is 3.56. The molecule has 0 saturated carbocycles. The first kappa shape index (κ1) is 21.6. The molecule has 0 saturated heterocycles. The first-order valence-corrected chi connectivity index (χ1v) is 10.7. The van der Waals surface area contributed by atoms with E-state index in [0.29, 0.717) is 11.1 Å². The van der Waals surface area contributed by atoms with E-state index in [9.17, 15) is 19.2 Å². The molecule has 0 spiro atoms. The second-order valence-electron chi connectivity index (χ2n) is 7.78. The molecule has 2 heterocycles. The van der Waals surface area contributed by atoms with Gasteiger partial charge in [-0.2, -0.15) is 0 Å². The first-order valence-electron chi connectivity index (χ1n) is 10.3. The van der Waals surface area contributed by atoms with E-state index in [4.69, 9.17) is 20.8 Å². The van der Waals surface area contributed by atoms with Crippen molar-refractivity contribution in [1.82, 2.24) is 4.90 Å². The number of ether oxygens (including phenoxy) is 1. The third-order valence-corrected chi connectivity index (χ3v) is 5.83. The maximum Gasteiger partial charge on any atom is 0.331 e. The van der Waals surface area contributed by atoms with Crippen LogP contribution in [0.25, 0.3) is 22.3 Å². The summed E-state index contributed by atoms with van der Waals surface area (Å²) in [5, 5.41) is 0.508. The highest BCUT2D eigenvalue weighted by Crippen LogP contribution is 2.35. The van der Waals surface area contributed by atoms with Gasteiger partial charge in [-0.15, -0.1) is 0 Å². The minimum absolute atomic E-state index is 0.0253. The van der Waals surface area contributed by atoms with Crippen LogP contribution in [0.1, 0.15) is 26.3 Å². The fraction of sp³-hybridized carbons (Fsp3) is 0.0769. The van der Waals surface area contributed by atoms with Gasteiger partial charge in [0.05, 0.1) is 21.5 Å². The van der Waals surface area contributed by atoms with Crippen LogP contribution in [0, 0.1) is 6.92 Å². The van der Waals surface area contributed by atoms with Crippen LogP contribution in [0.5, 0.6) is 5.75 Å². The van der Waals surface area contributed by atoms with E-state index >= 15 is 0 Å². The predicted molar refractivity (Wildman–Crippen MR) is 125 cm³/mol. The van der Waals surface area contributed by atoms with Crippen LogP contribution in [0.4, 0.5) is 0 Å². The van der Waals surface area contributed by atoms with E-state index in [-0.39, 0.29) is 33.0 Å². The monoisotopic (exact) mass is 473 g/mol. The number of halogens is 1. The van der Waals surface area contributed by atoms with Crippen molar-refractivity contribution in [2.24, 2.45) is 0 Å². The Morgan fingerprint density at radius 3 is 2.18 bits per heavy atom. The number of amides is 2. The van der Waals surface area contributed by atoms with Crippen LogP contribution in [0.3, 0.4) is 0 Å². The summed E-state index contributed by atoms with van der Waals surface area (Å²) in [6.07, 6.45) is 0. The lowest BCUT2D eigenvalue weighted by Crippen LogP contribution is -2.37. The molecule has 0 radical (unpaired) electrons. The van der Waals surface area contributed by atoms with Gasteiger partial charge in [-0.05, 0) is 43.3 Å². The number of rotatable bonds is 4. The molecule has 3 aromatic carbocycles. The third-order valence-electron chi connectivity index (χ3n) is 5.50. The largest absolute Gasteiger partial charge is 0.452 e. The van der Waals surface area contributed by atoms with Crippen LogP contribution < -0.4 is 10.2 Å². The lowest BCUT2D eigenvalue weighted by atomic mass is 10.1.